The molecule has 1 aliphatic rings. The van der Waals surface area contributed by atoms with Gasteiger partial charge in [-0.15, -0.1) is 0 Å². The smallest absolute Gasteiger partial charge is 0.173 e. The van der Waals surface area contributed by atoms with E-state index in [1.54, 1.807) is 16.2 Å². The van der Waals surface area contributed by atoms with Crippen LogP contribution in [0.4, 0.5) is 5.69 Å². The number of thiocarbonyl (C=S) groups is 1. The SMILES string of the molecule is CC(C)c1ccc(NC(=S)N2CC[NH+](Cc3ccsc3)CC2)cc1. The summed E-state index contributed by atoms with van der Waals surface area (Å²) in [5.41, 5.74) is 3.89. The van der Waals surface area contributed by atoms with Crippen LogP contribution in [-0.4, -0.2) is 36.2 Å². The van der Waals surface area contributed by atoms with Crippen LogP contribution in [0.3, 0.4) is 0 Å². The summed E-state index contributed by atoms with van der Waals surface area (Å²) in [5, 5.41) is 8.65. The number of hydrogen-bond acceptors (Lipinski definition) is 2. The lowest BCUT2D eigenvalue weighted by Gasteiger charge is -2.33. The molecule has 0 amide bonds. The third-order valence-electron chi connectivity index (χ3n) is 4.62. The molecule has 0 saturated carbocycles. The van der Waals surface area contributed by atoms with E-state index in [0.29, 0.717) is 5.92 Å². The summed E-state index contributed by atoms with van der Waals surface area (Å²) in [7, 11) is 0. The van der Waals surface area contributed by atoms with E-state index in [-0.39, 0.29) is 0 Å². The van der Waals surface area contributed by atoms with Crippen LogP contribution in [0.25, 0.3) is 0 Å². The lowest BCUT2D eigenvalue weighted by Crippen LogP contribution is -3.13. The van der Waals surface area contributed by atoms with Gasteiger partial charge in [-0.25, -0.2) is 0 Å². The molecular formula is C19H26N3S2+. The molecule has 1 fully saturated rings. The Bertz CT molecular complexity index is 642. The number of rotatable bonds is 4. The van der Waals surface area contributed by atoms with Gasteiger partial charge in [0.2, 0.25) is 0 Å². The summed E-state index contributed by atoms with van der Waals surface area (Å²) < 4.78 is 0. The molecule has 0 atom stereocenters. The van der Waals surface area contributed by atoms with Gasteiger partial charge in [0.1, 0.15) is 6.54 Å². The van der Waals surface area contributed by atoms with Gasteiger partial charge in [0.15, 0.2) is 5.11 Å². The number of nitrogens with zero attached hydrogens (tertiary/aromatic N) is 1. The van der Waals surface area contributed by atoms with Crippen LogP contribution in [0.1, 0.15) is 30.9 Å². The van der Waals surface area contributed by atoms with Crippen LogP contribution in [-0.2, 0) is 6.54 Å². The third kappa shape index (κ3) is 4.56. The predicted octanol–water partition coefficient (Wildman–Crippen LogP) is 2.97. The van der Waals surface area contributed by atoms with Gasteiger partial charge < -0.3 is 15.1 Å². The number of thiophene rings is 1. The molecule has 128 valence electrons. The monoisotopic (exact) mass is 360 g/mol. The summed E-state index contributed by atoms with van der Waals surface area (Å²) >= 11 is 7.39. The first-order chi connectivity index (χ1) is 11.6. The lowest BCUT2D eigenvalue weighted by atomic mass is 10.0. The van der Waals surface area contributed by atoms with Crippen molar-refractivity contribution in [2.24, 2.45) is 0 Å². The predicted molar refractivity (Wildman–Crippen MR) is 107 cm³/mol. The number of piperazine rings is 1. The van der Waals surface area contributed by atoms with Crippen molar-refractivity contribution in [2.45, 2.75) is 26.3 Å². The molecule has 5 heteroatoms. The molecule has 2 N–H and O–H groups in total. The molecule has 0 bridgehead atoms. The lowest BCUT2D eigenvalue weighted by molar-refractivity contribution is -0.917. The average Bonchev–Trinajstić information content (AvgIpc) is 3.09. The molecule has 1 aromatic carbocycles. The molecule has 0 spiro atoms. The van der Waals surface area contributed by atoms with Crippen molar-refractivity contribution in [1.82, 2.24) is 4.90 Å². The van der Waals surface area contributed by atoms with Crippen molar-refractivity contribution in [3.63, 3.8) is 0 Å². The minimum atomic E-state index is 0.560. The fourth-order valence-corrected chi connectivity index (χ4v) is 4.01. The molecule has 2 aromatic rings. The molecule has 2 heterocycles. The second kappa shape index (κ2) is 8.10. The minimum Gasteiger partial charge on any atom is -0.338 e. The highest BCUT2D eigenvalue weighted by molar-refractivity contribution is 7.80. The van der Waals surface area contributed by atoms with Gasteiger partial charge >= 0.3 is 0 Å². The van der Waals surface area contributed by atoms with Crippen molar-refractivity contribution in [2.75, 3.05) is 31.5 Å². The van der Waals surface area contributed by atoms with Crippen LogP contribution in [0, 0.1) is 0 Å². The van der Waals surface area contributed by atoms with Crippen molar-refractivity contribution in [3.05, 3.63) is 52.2 Å². The van der Waals surface area contributed by atoms with E-state index < -0.39 is 0 Å². The van der Waals surface area contributed by atoms with Crippen molar-refractivity contribution < 1.29 is 4.90 Å². The van der Waals surface area contributed by atoms with Crippen LogP contribution < -0.4 is 10.2 Å². The molecule has 3 rings (SSSR count). The Labute approximate surface area is 154 Å². The van der Waals surface area contributed by atoms with E-state index >= 15 is 0 Å². The number of anilines is 1. The van der Waals surface area contributed by atoms with Gasteiger partial charge in [-0.2, -0.15) is 11.3 Å². The summed E-state index contributed by atoms with van der Waals surface area (Å²) in [6.07, 6.45) is 0. The van der Waals surface area contributed by atoms with E-state index in [0.717, 1.165) is 43.5 Å². The van der Waals surface area contributed by atoms with E-state index in [1.165, 1.54) is 11.1 Å². The average molecular weight is 361 g/mol. The van der Waals surface area contributed by atoms with Crippen LogP contribution in [0.2, 0.25) is 0 Å². The molecule has 24 heavy (non-hydrogen) atoms. The maximum Gasteiger partial charge on any atom is 0.173 e. The second-order valence-corrected chi connectivity index (χ2v) is 7.92. The topological polar surface area (TPSA) is 19.7 Å². The van der Waals surface area contributed by atoms with Gasteiger partial charge in [0.25, 0.3) is 0 Å². The molecule has 3 nitrogen and oxygen atoms in total. The normalized spacial score (nSPS) is 15.7. The first-order valence-corrected chi connectivity index (χ1v) is 9.97. The van der Waals surface area contributed by atoms with Crippen molar-refractivity contribution in [3.8, 4) is 0 Å². The number of nitrogens with one attached hydrogen (secondary N) is 2. The third-order valence-corrected chi connectivity index (χ3v) is 5.71. The summed E-state index contributed by atoms with van der Waals surface area (Å²) in [6, 6.07) is 10.8. The standard InChI is InChI=1S/C19H25N3S2/c1-15(2)17-3-5-18(6-4-17)20-19(23)22-10-8-21(9-11-22)13-16-7-12-24-14-16/h3-7,12,14-15H,8-11,13H2,1-2H3,(H,20,23)/p+1. The van der Waals surface area contributed by atoms with Gasteiger partial charge in [-0.05, 0) is 52.7 Å². The van der Waals surface area contributed by atoms with Gasteiger partial charge in [0.05, 0.1) is 26.2 Å². The Hall–Kier alpha value is -1.43. The molecule has 0 aliphatic carbocycles. The second-order valence-electron chi connectivity index (χ2n) is 6.75. The Kier molecular flexibility index (Phi) is 5.87. The first kappa shape index (κ1) is 17.4. The summed E-state index contributed by atoms with van der Waals surface area (Å²) in [4.78, 5) is 3.94. The summed E-state index contributed by atoms with van der Waals surface area (Å²) in [6.45, 7) is 9.89. The fourth-order valence-electron chi connectivity index (χ4n) is 3.04. The fraction of sp³-hybridized carbons (Fsp3) is 0.421. The Morgan fingerprint density at radius 3 is 2.50 bits per heavy atom. The molecule has 1 aromatic heterocycles. The Morgan fingerprint density at radius 1 is 1.21 bits per heavy atom. The Balaban J connectivity index is 1.48. The largest absolute Gasteiger partial charge is 0.338 e. The highest BCUT2D eigenvalue weighted by Crippen LogP contribution is 2.17. The zero-order chi connectivity index (χ0) is 16.9. The minimum absolute atomic E-state index is 0.560. The molecular weight excluding hydrogens is 334 g/mol. The van der Waals surface area contributed by atoms with Gasteiger partial charge in [-0.3, -0.25) is 0 Å². The van der Waals surface area contributed by atoms with Crippen LogP contribution in [0.5, 0.6) is 0 Å². The maximum atomic E-state index is 5.60. The van der Waals surface area contributed by atoms with Crippen LogP contribution in [0.15, 0.2) is 41.1 Å². The Morgan fingerprint density at radius 2 is 1.92 bits per heavy atom. The molecule has 1 aliphatic heterocycles. The number of hydrogen-bond donors (Lipinski definition) is 2. The van der Waals surface area contributed by atoms with E-state index in [9.17, 15) is 0 Å². The van der Waals surface area contributed by atoms with Gasteiger partial charge in [-0.1, -0.05) is 26.0 Å². The molecule has 0 unspecified atom stereocenters. The van der Waals surface area contributed by atoms with Crippen LogP contribution >= 0.6 is 23.6 Å². The van der Waals surface area contributed by atoms with Gasteiger partial charge in [0, 0.05) is 11.3 Å². The maximum absolute atomic E-state index is 5.60. The molecule has 1 saturated heterocycles. The van der Waals surface area contributed by atoms with E-state index in [2.05, 4.69) is 65.2 Å². The van der Waals surface area contributed by atoms with E-state index in [4.69, 9.17) is 12.2 Å². The highest BCUT2D eigenvalue weighted by Gasteiger charge is 2.22. The first-order valence-electron chi connectivity index (χ1n) is 8.62. The van der Waals surface area contributed by atoms with Crippen molar-refractivity contribution >= 4 is 34.4 Å². The quantitative estimate of drug-likeness (QED) is 0.818. The number of quaternary nitrogens is 1. The number of benzene rings is 1. The highest BCUT2D eigenvalue weighted by atomic mass is 32.1. The zero-order valence-electron chi connectivity index (χ0n) is 14.4. The van der Waals surface area contributed by atoms with E-state index in [1.807, 2.05) is 0 Å². The molecule has 0 radical (unpaired) electrons. The zero-order valence-corrected chi connectivity index (χ0v) is 16.1. The van der Waals surface area contributed by atoms with Crippen molar-refractivity contribution in [1.29, 1.82) is 0 Å². The summed E-state index contributed by atoms with van der Waals surface area (Å²) in [5.74, 6) is 0.560.